The molecule has 0 atom stereocenters. The van der Waals surface area contributed by atoms with Crippen molar-refractivity contribution in [2.75, 3.05) is 6.61 Å². The molecule has 0 aromatic heterocycles. The Morgan fingerprint density at radius 1 is 1.47 bits per heavy atom. The molecule has 0 saturated carbocycles. The van der Waals surface area contributed by atoms with E-state index >= 15 is 0 Å². The molecule has 0 heterocycles. The maximum Gasteiger partial charge on any atom is 0.419 e. The molecule has 0 aromatic rings. The van der Waals surface area contributed by atoms with Crippen LogP contribution < -0.4 is 0 Å². The molecule has 0 radical (unpaired) electrons. The van der Waals surface area contributed by atoms with Gasteiger partial charge >= 0.3 is 6.18 Å². The van der Waals surface area contributed by atoms with Crippen LogP contribution in [0.5, 0.6) is 0 Å². The van der Waals surface area contributed by atoms with Crippen LogP contribution in [0.25, 0.3) is 0 Å². The first-order chi connectivity index (χ1) is 7.05. The molecule has 1 nitrogen and oxygen atoms in total. The summed E-state index contributed by atoms with van der Waals surface area (Å²) in [6.07, 6.45) is 1.24. The van der Waals surface area contributed by atoms with Crippen LogP contribution in [-0.2, 0) is 4.74 Å². The van der Waals surface area contributed by atoms with Crippen LogP contribution in [0.2, 0.25) is 0 Å². The van der Waals surface area contributed by atoms with Gasteiger partial charge in [-0.3, -0.25) is 0 Å². The standard InChI is InChI=1S/C11H15F3O/c1-2-15-8-10(11(12,13)14)9-6-4-3-5-7-9/h6,8H,2-5,7H2,1H3/b10-8+. The highest BCUT2D eigenvalue weighted by molar-refractivity contribution is 5.34. The summed E-state index contributed by atoms with van der Waals surface area (Å²) in [7, 11) is 0. The average Bonchev–Trinajstić information content (AvgIpc) is 2.18. The van der Waals surface area contributed by atoms with E-state index in [2.05, 4.69) is 0 Å². The fraction of sp³-hybridized carbons (Fsp3) is 0.636. The lowest BCUT2D eigenvalue weighted by molar-refractivity contribution is -0.0917. The molecule has 0 N–H and O–H groups in total. The first-order valence-electron chi connectivity index (χ1n) is 5.14. The first kappa shape index (κ1) is 12.1. The van der Waals surface area contributed by atoms with Gasteiger partial charge in [-0.2, -0.15) is 13.2 Å². The van der Waals surface area contributed by atoms with E-state index in [-0.39, 0.29) is 6.61 Å². The quantitative estimate of drug-likeness (QED) is 0.654. The minimum absolute atomic E-state index is 0.257. The fourth-order valence-corrected chi connectivity index (χ4v) is 1.57. The molecule has 0 aliphatic heterocycles. The Labute approximate surface area is 87.6 Å². The monoisotopic (exact) mass is 220 g/mol. The highest BCUT2D eigenvalue weighted by Crippen LogP contribution is 2.35. The number of hydrogen-bond acceptors (Lipinski definition) is 1. The van der Waals surface area contributed by atoms with Crippen LogP contribution in [-0.4, -0.2) is 12.8 Å². The van der Waals surface area contributed by atoms with Gasteiger partial charge in [0.1, 0.15) is 0 Å². The number of allylic oxidation sites excluding steroid dienone is 3. The van der Waals surface area contributed by atoms with E-state index in [1.165, 1.54) is 0 Å². The Kier molecular flexibility index (Phi) is 4.24. The second kappa shape index (κ2) is 5.24. The first-order valence-corrected chi connectivity index (χ1v) is 5.14. The Morgan fingerprint density at radius 3 is 2.67 bits per heavy atom. The number of rotatable bonds is 3. The maximum atomic E-state index is 12.6. The van der Waals surface area contributed by atoms with E-state index in [4.69, 9.17) is 4.74 Å². The third-order valence-electron chi connectivity index (χ3n) is 2.31. The largest absolute Gasteiger partial charge is 0.501 e. The van der Waals surface area contributed by atoms with Crippen molar-refractivity contribution in [3.05, 3.63) is 23.5 Å². The zero-order valence-corrected chi connectivity index (χ0v) is 8.73. The molecule has 15 heavy (non-hydrogen) atoms. The second-order valence-electron chi connectivity index (χ2n) is 3.46. The SMILES string of the molecule is CCO/C=C(\C1=CCCCC1)C(F)(F)F. The summed E-state index contributed by atoms with van der Waals surface area (Å²) in [5.74, 6) is 0. The van der Waals surface area contributed by atoms with Crippen LogP contribution in [0, 0.1) is 0 Å². The molecule has 86 valence electrons. The molecule has 0 amide bonds. The molecule has 0 fully saturated rings. The van der Waals surface area contributed by atoms with Gasteiger partial charge in [0.05, 0.1) is 18.4 Å². The summed E-state index contributed by atoms with van der Waals surface area (Å²) >= 11 is 0. The third kappa shape index (κ3) is 3.61. The summed E-state index contributed by atoms with van der Waals surface area (Å²) < 4.78 is 42.7. The number of halogens is 3. The van der Waals surface area contributed by atoms with Gasteiger partial charge < -0.3 is 4.74 Å². The van der Waals surface area contributed by atoms with Crippen LogP contribution in [0.3, 0.4) is 0 Å². The summed E-state index contributed by atoms with van der Waals surface area (Å²) in [5, 5.41) is 0. The summed E-state index contributed by atoms with van der Waals surface area (Å²) in [6, 6.07) is 0. The molecule has 0 unspecified atom stereocenters. The maximum absolute atomic E-state index is 12.6. The lowest BCUT2D eigenvalue weighted by Crippen LogP contribution is -2.15. The van der Waals surface area contributed by atoms with E-state index < -0.39 is 11.7 Å². The Bertz CT molecular complexity index is 263. The molecular formula is C11H15F3O. The predicted molar refractivity (Wildman–Crippen MR) is 52.3 cm³/mol. The van der Waals surface area contributed by atoms with Gasteiger partial charge in [-0.25, -0.2) is 0 Å². The van der Waals surface area contributed by atoms with Crippen molar-refractivity contribution in [3.63, 3.8) is 0 Å². The van der Waals surface area contributed by atoms with Gasteiger partial charge in [0.25, 0.3) is 0 Å². The Balaban J connectivity index is 2.85. The zero-order chi connectivity index (χ0) is 11.3. The van der Waals surface area contributed by atoms with Gasteiger partial charge in [-0.15, -0.1) is 0 Å². The smallest absolute Gasteiger partial charge is 0.419 e. The molecule has 1 aliphatic carbocycles. The summed E-state index contributed by atoms with van der Waals surface area (Å²) in [5.41, 5.74) is -0.244. The van der Waals surface area contributed by atoms with Crippen molar-refractivity contribution in [2.45, 2.75) is 38.8 Å². The second-order valence-corrected chi connectivity index (χ2v) is 3.46. The van der Waals surface area contributed by atoms with Gasteiger partial charge in [-0.1, -0.05) is 6.08 Å². The molecule has 0 saturated heterocycles. The third-order valence-corrected chi connectivity index (χ3v) is 2.31. The van der Waals surface area contributed by atoms with E-state index in [1.54, 1.807) is 13.0 Å². The number of hydrogen-bond donors (Lipinski definition) is 0. The van der Waals surface area contributed by atoms with E-state index in [0.29, 0.717) is 12.0 Å². The van der Waals surface area contributed by atoms with Crippen LogP contribution in [0.15, 0.2) is 23.5 Å². The van der Waals surface area contributed by atoms with Crippen molar-refractivity contribution in [3.8, 4) is 0 Å². The van der Waals surface area contributed by atoms with Crippen molar-refractivity contribution in [1.29, 1.82) is 0 Å². The normalized spacial score (nSPS) is 18.7. The number of alkyl halides is 3. The van der Waals surface area contributed by atoms with Crippen molar-refractivity contribution in [1.82, 2.24) is 0 Å². The minimum Gasteiger partial charge on any atom is -0.501 e. The molecule has 0 bridgehead atoms. The van der Waals surface area contributed by atoms with Gasteiger partial charge in [0.2, 0.25) is 0 Å². The molecule has 1 rings (SSSR count). The van der Waals surface area contributed by atoms with Crippen molar-refractivity contribution >= 4 is 0 Å². The summed E-state index contributed by atoms with van der Waals surface area (Å²) in [4.78, 5) is 0. The minimum atomic E-state index is -4.31. The lowest BCUT2D eigenvalue weighted by Gasteiger charge is -2.18. The summed E-state index contributed by atoms with van der Waals surface area (Å²) in [6.45, 7) is 1.92. The molecule has 1 aliphatic rings. The van der Waals surface area contributed by atoms with Gasteiger partial charge in [0, 0.05) is 0 Å². The van der Waals surface area contributed by atoms with Gasteiger partial charge in [-0.05, 0) is 38.2 Å². The van der Waals surface area contributed by atoms with Crippen LogP contribution in [0.1, 0.15) is 32.6 Å². The zero-order valence-electron chi connectivity index (χ0n) is 8.73. The van der Waals surface area contributed by atoms with Crippen molar-refractivity contribution in [2.24, 2.45) is 0 Å². The fourth-order valence-electron chi connectivity index (χ4n) is 1.57. The predicted octanol–water partition coefficient (Wildman–Crippen LogP) is 3.97. The highest BCUT2D eigenvalue weighted by atomic mass is 19.4. The van der Waals surface area contributed by atoms with Crippen LogP contribution in [0.4, 0.5) is 13.2 Å². The van der Waals surface area contributed by atoms with Gasteiger partial charge in [0.15, 0.2) is 0 Å². The van der Waals surface area contributed by atoms with Crippen molar-refractivity contribution < 1.29 is 17.9 Å². The topological polar surface area (TPSA) is 9.23 Å². The Morgan fingerprint density at radius 2 is 2.20 bits per heavy atom. The molecule has 0 spiro atoms. The number of ether oxygens (including phenoxy) is 1. The van der Waals surface area contributed by atoms with Crippen LogP contribution >= 0.6 is 0 Å². The Hall–Kier alpha value is -0.930. The average molecular weight is 220 g/mol. The molecule has 0 aromatic carbocycles. The molecular weight excluding hydrogens is 205 g/mol. The lowest BCUT2D eigenvalue weighted by atomic mass is 9.94. The highest BCUT2D eigenvalue weighted by Gasteiger charge is 2.36. The van der Waals surface area contributed by atoms with E-state index in [1.807, 2.05) is 0 Å². The molecule has 4 heteroatoms. The van der Waals surface area contributed by atoms with E-state index in [0.717, 1.165) is 25.5 Å². The van der Waals surface area contributed by atoms with E-state index in [9.17, 15) is 13.2 Å².